The van der Waals surface area contributed by atoms with E-state index < -0.39 is 5.60 Å². The predicted octanol–water partition coefficient (Wildman–Crippen LogP) is 1.96. The molecule has 0 spiro atoms. The highest BCUT2D eigenvalue weighted by atomic mass is 79.9. The largest absolute Gasteiger partial charge is 0.497 e. The molecule has 1 atom stereocenters. The Hall–Kier alpha value is -1.40. The Morgan fingerprint density at radius 3 is 2.85 bits per heavy atom. The number of aryl methyl sites for hydroxylation is 2. The maximum absolute atomic E-state index is 11.0. The first kappa shape index (κ1) is 13.6. The zero-order valence-corrected chi connectivity index (χ0v) is 13.0. The SMILES string of the molecule is COc1ccc2c(c1)CC(O)(c1c(Br)nnn1C)CC2. The van der Waals surface area contributed by atoms with Gasteiger partial charge in [0.15, 0.2) is 4.60 Å². The van der Waals surface area contributed by atoms with Crippen molar-refractivity contribution in [1.29, 1.82) is 0 Å². The number of ether oxygens (including phenoxy) is 1. The third-order valence-corrected chi connectivity index (χ3v) is 4.46. The van der Waals surface area contributed by atoms with Gasteiger partial charge in [0.1, 0.15) is 17.0 Å². The number of benzene rings is 1. The summed E-state index contributed by atoms with van der Waals surface area (Å²) in [6.45, 7) is 0. The van der Waals surface area contributed by atoms with Gasteiger partial charge in [0.05, 0.1) is 7.11 Å². The first-order chi connectivity index (χ1) is 9.53. The van der Waals surface area contributed by atoms with Gasteiger partial charge in [-0.25, -0.2) is 4.68 Å². The van der Waals surface area contributed by atoms with Crippen molar-refractivity contribution in [3.63, 3.8) is 0 Å². The summed E-state index contributed by atoms with van der Waals surface area (Å²) in [5.41, 5.74) is 2.16. The fraction of sp³-hybridized carbons (Fsp3) is 0.429. The van der Waals surface area contributed by atoms with E-state index in [1.807, 2.05) is 12.1 Å². The van der Waals surface area contributed by atoms with Crippen molar-refractivity contribution < 1.29 is 9.84 Å². The molecule has 2 aromatic rings. The van der Waals surface area contributed by atoms with E-state index in [9.17, 15) is 5.11 Å². The molecule has 1 aromatic carbocycles. The summed E-state index contributed by atoms with van der Waals surface area (Å²) >= 11 is 3.38. The van der Waals surface area contributed by atoms with Crippen LogP contribution in [0.3, 0.4) is 0 Å². The van der Waals surface area contributed by atoms with E-state index in [1.165, 1.54) is 5.56 Å². The van der Waals surface area contributed by atoms with Crippen molar-refractivity contribution in [3.8, 4) is 5.75 Å². The molecule has 0 fully saturated rings. The quantitative estimate of drug-likeness (QED) is 0.910. The molecule has 1 aliphatic carbocycles. The van der Waals surface area contributed by atoms with Crippen molar-refractivity contribution in [1.82, 2.24) is 15.0 Å². The minimum atomic E-state index is -0.948. The number of rotatable bonds is 2. The molecular formula is C14H16BrN3O2. The van der Waals surface area contributed by atoms with Gasteiger partial charge in [0.2, 0.25) is 0 Å². The number of methoxy groups -OCH3 is 1. The van der Waals surface area contributed by atoms with E-state index in [2.05, 4.69) is 32.3 Å². The van der Waals surface area contributed by atoms with Gasteiger partial charge in [-0.15, -0.1) is 5.10 Å². The van der Waals surface area contributed by atoms with Gasteiger partial charge < -0.3 is 9.84 Å². The van der Waals surface area contributed by atoms with Crippen LogP contribution in [0.15, 0.2) is 22.8 Å². The monoisotopic (exact) mass is 337 g/mol. The predicted molar refractivity (Wildman–Crippen MR) is 77.6 cm³/mol. The Kier molecular flexibility index (Phi) is 3.30. The summed E-state index contributed by atoms with van der Waals surface area (Å²) in [5.74, 6) is 0.815. The van der Waals surface area contributed by atoms with Gasteiger partial charge in [-0.3, -0.25) is 0 Å². The topological polar surface area (TPSA) is 60.2 Å². The van der Waals surface area contributed by atoms with Crippen molar-refractivity contribution >= 4 is 15.9 Å². The molecule has 1 unspecified atom stereocenters. The van der Waals surface area contributed by atoms with Gasteiger partial charge in [-0.1, -0.05) is 11.3 Å². The van der Waals surface area contributed by atoms with Crippen LogP contribution in [-0.2, 0) is 25.5 Å². The Morgan fingerprint density at radius 1 is 1.40 bits per heavy atom. The lowest BCUT2D eigenvalue weighted by Crippen LogP contribution is -2.35. The van der Waals surface area contributed by atoms with Gasteiger partial charge in [0.25, 0.3) is 0 Å². The standard InChI is InChI=1S/C14H16BrN3O2/c1-18-12(13(15)16-17-18)14(19)6-5-9-3-4-11(20-2)7-10(9)8-14/h3-4,7,19H,5-6,8H2,1-2H3. The highest BCUT2D eigenvalue weighted by molar-refractivity contribution is 9.10. The maximum atomic E-state index is 11.0. The van der Waals surface area contributed by atoms with E-state index in [4.69, 9.17) is 4.74 Å². The Morgan fingerprint density at radius 2 is 2.20 bits per heavy atom. The molecule has 0 saturated carbocycles. The molecule has 0 saturated heterocycles. The Bertz CT molecular complexity index is 636. The van der Waals surface area contributed by atoms with Crippen LogP contribution >= 0.6 is 15.9 Å². The minimum absolute atomic E-state index is 0.541. The molecule has 3 rings (SSSR count). The van der Waals surface area contributed by atoms with Crippen LogP contribution in [0.5, 0.6) is 5.75 Å². The molecule has 106 valence electrons. The molecule has 0 amide bonds. The highest BCUT2D eigenvalue weighted by Gasteiger charge is 2.38. The molecule has 1 heterocycles. The zero-order valence-electron chi connectivity index (χ0n) is 11.4. The van der Waals surface area contributed by atoms with Crippen molar-refractivity contribution in [2.45, 2.75) is 24.9 Å². The van der Waals surface area contributed by atoms with Crippen LogP contribution in [0.25, 0.3) is 0 Å². The molecule has 0 bridgehead atoms. The van der Waals surface area contributed by atoms with Crippen LogP contribution in [0.1, 0.15) is 23.2 Å². The number of hydrogen-bond acceptors (Lipinski definition) is 4. The lowest BCUT2D eigenvalue weighted by Gasteiger charge is -2.33. The average molecular weight is 338 g/mol. The number of nitrogens with zero attached hydrogens (tertiary/aromatic N) is 3. The smallest absolute Gasteiger partial charge is 0.154 e. The fourth-order valence-electron chi connectivity index (χ4n) is 2.91. The van der Waals surface area contributed by atoms with Gasteiger partial charge >= 0.3 is 0 Å². The fourth-order valence-corrected chi connectivity index (χ4v) is 3.61. The second-order valence-corrected chi connectivity index (χ2v) is 5.95. The van der Waals surface area contributed by atoms with Crippen LogP contribution in [0.4, 0.5) is 0 Å². The summed E-state index contributed by atoms with van der Waals surface area (Å²) in [5, 5.41) is 19.0. The van der Waals surface area contributed by atoms with Crippen LogP contribution in [-0.4, -0.2) is 27.2 Å². The van der Waals surface area contributed by atoms with Crippen molar-refractivity contribution in [3.05, 3.63) is 39.6 Å². The molecule has 5 nitrogen and oxygen atoms in total. The zero-order chi connectivity index (χ0) is 14.3. The molecule has 1 N–H and O–H groups in total. The highest BCUT2D eigenvalue weighted by Crippen LogP contribution is 2.39. The summed E-state index contributed by atoms with van der Waals surface area (Å²) in [6.07, 6.45) is 2.03. The lowest BCUT2D eigenvalue weighted by molar-refractivity contribution is 0.0135. The second kappa shape index (κ2) is 4.86. The Labute approximate surface area is 125 Å². The van der Waals surface area contributed by atoms with E-state index in [0.717, 1.165) is 23.4 Å². The number of aromatic nitrogens is 3. The van der Waals surface area contributed by atoms with Gasteiger partial charge in [-0.2, -0.15) is 0 Å². The first-order valence-corrected chi connectivity index (χ1v) is 7.26. The van der Waals surface area contributed by atoms with E-state index in [-0.39, 0.29) is 0 Å². The summed E-state index contributed by atoms with van der Waals surface area (Å²) in [6, 6.07) is 6.03. The molecule has 0 radical (unpaired) electrons. The second-order valence-electron chi connectivity index (χ2n) is 5.20. The average Bonchev–Trinajstić information content (AvgIpc) is 2.77. The minimum Gasteiger partial charge on any atom is -0.497 e. The summed E-state index contributed by atoms with van der Waals surface area (Å²) in [7, 11) is 3.45. The molecule has 0 aliphatic heterocycles. The number of hydrogen-bond donors (Lipinski definition) is 1. The molecule has 6 heteroatoms. The van der Waals surface area contributed by atoms with E-state index in [1.54, 1.807) is 18.8 Å². The molecule has 1 aromatic heterocycles. The van der Waals surface area contributed by atoms with Crippen molar-refractivity contribution in [2.24, 2.45) is 7.05 Å². The maximum Gasteiger partial charge on any atom is 0.154 e. The van der Waals surface area contributed by atoms with E-state index >= 15 is 0 Å². The third kappa shape index (κ3) is 2.13. The molecule has 1 aliphatic rings. The molecule has 20 heavy (non-hydrogen) atoms. The summed E-state index contributed by atoms with van der Waals surface area (Å²) < 4.78 is 7.51. The number of fused-ring (bicyclic) bond motifs is 1. The van der Waals surface area contributed by atoms with E-state index in [0.29, 0.717) is 17.4 Å². The number of halogens is 1. The molecular weight excluding hydrogens is 322 g/mol. The van der Waals surface area contributed by atoms with Gasteiger partial charge in [-0.05, 0) is 52.0 Å². The van der Waals surface area contributed by atoms with Crippen LogP contribution in [0.2, 0.25) is 0 Å². The van der Waals surface area contributed by atoms with Crippen LogP contribution in [0, 0.1) is 0 Å². The van der Waals surface area contributed by atoms with Gasteiger partial charge in [0, 0.05) is 13.5 Å². The Balaban J connectivity index is 2.02. The lowest BCUT2D eigenvalue weighted by atomic mass is 9.78. The number of aliphatic hydroxyl groups is 1. The third-order valence-electron chi connectivity index (χ3n) is 3.93. The van der Waals surface area contributed by atoms with Crippen molar-refractivity contribution in [2.75, 3.05) is 7.11 Å². The first-order valence-electron chi connectivity index (χ1n) is 6.47. The normalized spacial score (nSPS) is 21.6. The summed E-state index contributed by atoms with van der Waals surface area (Å²) in [4.78, 5) is 0. The van der Waals surface area contributed by atoms with Crippen LogP contribution < -0.4 is 4.74 Å².